The van der Waals surface area contributed by atoms with Crippen molar-refractivity contribution in [2.75, 3.05) is 10.2 Å². The van der Waals surface area contributed by atoms with Crippen molar-refractivity contribution in [1.29, 1.82) is 0 Å². The molecule has 3 aromatic rings. The SMILES string of the molecule is Cc1ccnc(N2C(=O)c3ccccc3[C@H]2Nc2ccc(C)c(C)c2)c1. The molecule has 130 valence electrons. The van der Waals surface area contributed by atoms with E-state index < -0.39 is 0 Å². The zero-order valence-electron chi connectivity index (χ0n) is 15.2. The minimum Gasteiger partial charge on any atom is -0.361 e. The first kappa shape index (κ1) is 16.3. The van der Waals surface area contributed by atoms with Gasteiger partial charge in [0.2, 0.25) is 0 Å². The van der Waals surface area contributed by atoms with Crippen LogP contribution in [0.3, 0.4) is 0 Å². The molecule has 4 rings (SSSR count). The van der Waals surface area contributed by atoms with Gasteiger partial charge in [-0.05, 0) is 67.8 Å². The predicted molar refractivity (Wildman–Crippen MR) is 105 cm³/mol. The number of carbonyl (C=O) groups is 1. The Labute approximate surface area is 153 Å². The van der Waals surface area contributed by atoms with Gasteiger partial charge >= 0.3 is 0 Å². The first-order chi connectivity index (χ1) is 12.5. The van der Waals surface area contributed by atoms with Gasteiger partial charge in [-0.1, -0.05) is 24.3 Å². The lowest BCUT2D eigenvalue weighted by atomic mass is 10.1. The van der Waals surface area contributed by atoms with Crippen LogP contribution in [0.1, 0.15) is 38.8 Å². The second-order valence-corrected chi connectivity index (χ2v) is 6.80. The lowest BCUT2D eigenvalue weighted by Crippen LogP contribution is -2.33. The van der Waals surface area contributed by atoms with Gasteiger partial charge in [-0.25, -0.2) is 4.98 Å². The molecule has 1 aromatic heterocycles. The Morgan fingerprint density at radius 2 is 1.77 bits per heavy atom. The molecular formula is C22H21N3O. The van der Waals surface area contributed by atoms with Crippen LogP contribution in [0.5, 0.6) is 0 Å². The number of aryl methyl sites for hydroxylation is 3. The van der Waals surface area contributed by atoms with E-state index in [1.807, 2.05) is 43.3 Å². The van der Waals surface area contributed by atoms with Gasteiger partial charge in [-0.15, -0.1) is 0 Å². The summed E-state index contributed by atoms with van der Waals surface area (Å²) in [5, 5.41) is 3.53. The normalized spacial score (nSPS) is 15.9. The summed E-state index contributed by atoms with van der Waals surface area (Å²) in [6.07, 6.45) is 1.46. The highest BCUT2D eigenvalue weighted by Gasteiger charge is 2.38. The third-order valence-electron chi connectivity index (χ3n) is 4.92. The van der Waals surface area contributed by atoms with E-state index in [4.69, 9.17) is 0 Å². The predicted octanol–water partition coefficient (Wildman–Crippen LogP) is 4.78. The number of pyridine rings is 1. The Hall–Kier alpha value is -3.14. The number of hydrogen-bond donors (Lipinski definition) is 1. The molecule has 0 saturated heterocycles. The summed E-state index contributed by atoms with van der Waals surface area (Å²) in [5.41, 5.74) is 6.21. The van der Waals surface area contributed by atoms with Crippen LogP contribution in [-0.2, 0) is 0 Å². The summed E-state index contributed by atoms with van der Waals surface area (Å²) >= 11 is 0. The van der Waals surface area contributed by atoms with Crippen molar-refractivity contribution in [1.82, 2.24) is 4.98 Å². The summed E-state index contributed by atoms with van der Waals surface area (Å²) < 4.78 is 0. The van der Waals surface area contributed by atoms with Gasteiger partial charge in [0.25, 0.3) is 5.91 Å². The number of nitrogens with zero attached hydrogens (tertiary/aromatic N) is 2. The largest absolute Gasteiger partial charge is 0.361 e. The van der Waals surface area contributed by atoms with Crippen molar-refractivity contribution in [3.05, 3.63) is 88.6 Å². The minimum absolute atomic E-state index is 0.0277. The van der Waals surface area contributed by atoms with Gasteiger partial charge in [0.15, 0.2) is 0 Å². The van der Waals surface area contributed by atoms with Gasteiger partial charge in [0.1, 0.15) is 12.0 Å². The Bertz CT molecular complexity index is 996. The number of aromatic nitrogens is 1. The fourth-order valence-electron chi connectivity index (χ4n) is 3.34. The van der Waals surface area contributed by atoms with Crippen LogP contribution < -0.4 is 10.2 Å². The van der Waals surface area contributed by atoms with E-state index in [2.05, 4.69) is 42.3 Å². The topological polar surface area (TPSA) is 45.2 Å². The molecule has 1 aliphatic rings. The van der Waals surface area contributed by atoms with E-state index in [-0.39, 0.29) is 12.1 Å². The van der Waals surface area contributed by atoms with Crippen LogP contribution in [0.25, 0.3) is 0 Å². The Morgan fingerprint density at radius 3 is 2.54 bits per heavy atom. The van der Waals surface area contributed by atoms with Crippen molar-refractivity contribution in [2.24, 2.45) is 0 Å². The zero-order chi connectivity index (χ0) is 18.3. The van der Waals surface area contributed by atoms with Crippen LogP contribution in [0.4, 0.5) is 11.5 Å². The van der Waals surface area contributed by atoms with E-state index in [1.54, 1.807) is 11.1 Å². The number of hydrogen-bond acceptors (Lipinski definition) is 3. The van der Waals surface area contributed by atoms with Crippen molar-refractivity contribution >= 4 is 17.4 Å². The van der Waals surface area contributed by atoms with E-state index in [9.17, 15) is 4.79 Å². The van der Waals surface area contributed by atoms with Gasteiger partial charge in [0.05, 0.1) is 0 Å². The van der Waals surface area contributed by atoms with Crippen molar-refractivity contribution in [3.8, 4) is 0 Å². The molecule has 0 saturated carbocycles. The fourth-order valence-corrected chi connectivity index (χ4v) is 3.34. The Balaban J connectivity index is 1.79. The molecule has 1 atom stereocenters. The highest BCUT2D eigenvalue weighted by Crippen LogP contribution is 2.37. The first-order valence-electron chi connectivity index (χ1n) is 8.73. The van der Waals surface area contributed by atoms with E-state index in [0.717, 1.165) is 22.4 Å². The molecule has 0 bridgehead atoms. The second-order valence-electron chi connectivity index (χ2n) is 6.80. The molecule has 0 fully saturated rings. The quantitative estimate of drug-likeness (QED) is 0.744. The molecule has 2 aromatic carbocycles. The minimum atomic E-state index is -0.282. The molecule has 0 unspecified atom stereocenters. The van der Waals surface area contributed by atoms with Gasteiger partial charge in [-0.3, -0.25) is 9.69 Å². The van der Waals surface area contributed by atoms with Gasteiger partial charge < -0.3 is 5.32 Å². The third-order valence-corrected chi connectivity index (χ3v) is 4.92. The van der Waals surface area contributed by atoms with E-state index in [1.165, 1.54) is 11.1 Å². The third kappa shape index (κ3) is 2.73. The molecule has 4 nitrogen and oxygen atoms in total. The molecule has 1 N–H and O–H groups in total. The number of benzene rings is 2. The van der Waals surface area contributed by atoms with E-state index >= 15 is 0 Å². The lowest BCUT2D eigenvalue weighted by molar-refractivity contribution is 0.0992. The molecule has 4 heteroatoms. The summed E-state index contributed by atoms with van der Waals surface area (Å²) in [6, 6.07) is 17.9. The summed E-state index contributed by atoms with van der Waals surface area (Å²) in [7, 11) is 0. The van der Waals surface area contributed by atoms with Crippen LogP contribution in [0.2, 0.25) is 0 Å². The van der Waals surface area contributed by atoms with Crippen LogP contribution in [0.15, 0.2) is 60.8 Å². The maximum atomic E-state index is 13.1. The molecule has 26 heavy (non-hydrogen) atoms. The number of anilines is 2. The molecule has 2 heterocycles. The summed E-state index contributed by atoms with van der Waals surface area (Å²) in [6.45, 7) is 6.19. The number of amides is 1. The van der Waals surface area contributed by atoms with E-state index in [0.29, 0.717) is 5.82 Å². The lowest BCUT2D eigenvalue weighted by Gasteiger charge is -2.26. The van der Waals surface area contributed by atoms with Crippen LogP contribution in [-0.4, -0.2) is 10.9 Å². The second kappa shape index (κ2) is 6.30. The fraction of sp³-hybridized carbons (Fsp3) is 0.182. The maximum absolute atomic E-state index is 13.1. The average molecular weight is 343 g/mol. The van der Waals surface area contributed by atoms with Gasteiger partial charge in [-0.2, -0.15) is 0 Å². The average Bonchev–Trinajstić information content (AvgIpc) is 2.91. The van der Waals surface area contributed by atoms with Crippen LogP contribution in [0, 0.1) is 20.8 Å². The highest BCUT2D eigenvalue weighted by atomic mass is 16.2. The molecule has 0 radical (unpaired) electrons. The number of rotatable bonds is 3. The maximum Gasteiger partial charge on any atom is 0.261 e. The number of carbonyl (C=O) groups excluding carboxylic acids is 1. The van der Waals surface area contributed by atoms with Gasteiger partial charge in [0, 0.05) is 23.0 Å². The summed E-state index contributed by atoms with van der Waals surface area (Å²) in [4.78, 5) is 19.3. The number of nitrogens with one attached hydrogen (secondary N) is 1. The Morgan fingerprint density at radius 1 is 0.962 bits per heavy atom. The number of fused-ring (bicyclic) bond motifs is 1. The van der Waals surface area contributed by atoms with Crippen molar-refractivity contribution in [2.45, 2.75) is 26.9 Å². The monoisotopic (exact) mass is 343 g/mol. The molecule has 0 aliphatic carbocycles. The molecule has 1 amide bonds. The van der Waals surface area contributed by atoms with Crippen molar-refractivity contribution in [3.63, 3.8) is 0 Å². The smallest absolute Gasteiger partial charge is 0.261 e. The summed E-state index contributed by atoms with van der Waals surface area (Å²) in [5.74, 6) is 0.632. The molecular weight excluding hydrogens is 322 g/mol. The molecule has 1 aliphatic heterocycles. The first-order valence-corrected chi connectivity index (χ1v) is 8.73. The standard InChI is InChI=1S/C22H21N3O/c1-14-10-11-23-20(12-14)25-21(18-6-4-5-7-19(18)22(25)26)24-17-9-8-15(2)16(3)13-17/h4-13,21,24H,1-3H3/t21-/m0/s1. The highest BCUT2D eigenvalue weighted by molar-refractivity contribution is 6.11. The van der Waals surface area contributed by atoms with Crippen molar-refractivity contribution < 1.29 is 4.79 Å². The molecule has 0 spiro atoms. The zero-order valence-corrected chi connectivity index (χ0v) is 15.2. The van der Waals surface area contributed by atoms with Crippen LogP contribution >= 0.6 is 0 Å². The Kier molecular flexibility index (Phi) is 3.96.